The van der Waals surface area contributed by atoms with Crippen molar-refractivity contribution in [2.24, 2.45) is 5.92 Å². The van der Waals surface area contributed by atoms with Gasteiger partial charge < -0.3 is 14.0 Å². The summed E-state index contributed by atoms with van der Waals surface area (Å²) in [5.41, 5.74) is 6.05. The third kappa shape index (κ3) is 6.20. The van der Waals surface area contributed by atoms with Gasteiger partial charge in [0.25, 0.3) is 0 Å². The Balaban J connectivity index is 1.44. The number of nitrogens with zero attached hydrogens (tertiary/aromatic N) is 3. The van der Waals surface area contributed by atoms with Gasteiger partial charge in [-0.2, -0.15) is 0 Å². The molecule has 6 rings (SSSR count). The highest BCUT2D eigenvalue weighted by atomic mass is 16.7. The lowest BCUT2D eigenvalue weighted by Gasteiger charge is -2.35. The van der Waals surface area contributed by atoms with Crippen LogP contribution >= 0.6 is 0 Å². The molecular formula is C36H43N3O2. The number of hydrogen-bond donors (Lipinski definition) is 0. The molecule has 3 aromatic carbocycles. The Labute approximate surface area is 245 Å². The summed E-state index contributed by atoms with van der Waals surface area (Å²) in [6.07, 6.45) is 8.97. The predicted octanol–water partition coefficient (Wildman–Crippen LogP) is 8.89. The van der Waals surface area contributed by atoms with E-state index in [-0.39, 0.29) is 6.04 Å². The standard InChI is InChI=1S/C36H43N3O2/c1-3-4-22-39-35(34(30-16-10-6-11-17-30)37-36(39)31-18-12-7-13-19-31)27(2)38(24-28-14-8-5-9-15-28)25-29-20-21-32-33(23-29)41-26-40-32/h6-7,10-13,16-21,23,27-28H,3-5,8-9,14-15,22,24-26H2,1-2H3/t27-/m0/s1. The minimum Gasteiger partial charge on any atom is -0.454 e. The van der Waals surface area contributed by atoms with Crippen LogP contribution in [0.25, 0.3) is 22.6 Å². The molecule has 0 N–H and O–H groups in total. The van der Waals surface area contributed by atoms with Crippen LogP contribution in [-0.2, 0) is 13.1 Å². The normalized spacial score (nSPS) is 15.9. The van der Waals surface area contributed by atoms with E-state index in [9.17, 15) is 0 Å². The molecule has 2 heterocycles. The second-order valence-corrected chi connectivity index (χ2v) is 11.7. The fourth-order valence-electron chi connectivity index (χ4n) is 6.56. The van der Waals surface area contributed by atoms with Crippen LogP contribution in [0.4, 0.5) is 0 Å². The van der Waals surface area contributed by atoms with Crippen LogP contribution < -0.4 is 9.47 Å². The molecule has 4 aromatic rings. The van der Waals surface area contributed by atoms with Gasteiger partial charge in [0.15, 0.2) is 11.5 Å². The first-order valence-corrected chi connectivity index (χ1v) is 15.5. The summed E-state index contributed by atoms with van der Waals surface area (Å²) in [4.78, 5) is 8.11. The molecule has 1 atom stereocenters. The van der Waals surface area contributed by atoms with Crippen LogP contribution in [0, 0.1) is 5.92 Å². The largest absolute Gasteiger partial charge is 0.454 e. The van der Waals surface area contributed by atoms with Gasteiger partial charge >= 0.3 is 0 Å². The van der Waals surface area contributed by atoms with Gasteiger partial charge in [-0.15, -0.1) is 0 Å². The van der Waals surface area contributed by atoms with E-state index < -0.39 is 0 Å². The average molecular weight is 550 g/mol. The third-order valence-corrected chi connectivity index (χ3v) is 8.80. The highest BCUT2D eigenvalue weighted by Crippen LogP contribution is 2.39. The highest BCUT2D eigenvalue weighted by molar-refractivity contribution is 5.69. The van der Waals surface area contributed by atoms with Crippen molar-refractivity contribution in [1.82, 2.24) is 14.5 Å². The Morgan fingerprint density at radius 3 is 2.32 bits per heavy atom. The Kier molecular flexibility index (Phi) is 8.71. The highest BCUT2D eigenvalue weighted by Gasteiger charge is 2.30. The number of ether oxygens (including phenoxy) is 2. The monoisotopic (exact) mass is 549 g/mol. The molecule has 214 valence electrons. The predicted molar refractivity (Wildman–Crippen MR) is 166 cm³/mol. The molecule has 41 heavy (non-hydrogen) atoms. The van der Waals surface area contributed by atoms with E-state index in [1.165, 1.54) is 54.5 Å². The summed E-state index contributed by atoms with van der Waals surface area (Å²) in [7, 11) is 0. The van der Waals surface area contributed by atoms with E-state index >= 15 is 0 Å². The van der Waals surface area contributed by atoms with Crippen LogP contribution in [0.15, 0.2) is 78.9 Å². The molecule has 5 nitrogen and oxygen atoms in total. The van der Waals surface area contributed by atoms with Crippen molar-refractivity contribution in [2.75, 3.05) is 13.3 Å². The Hall–Kier alpha value is -3.57. The molecule has 0 spiro atoms. The zero-order valence-electron chi connectivity index (χ0n) is 24.6. The molecular weight excluding hydrogens is 506 g/mol. The summed E-state index contributed by atoms with van der Waals surface area (Å²) >= 11 is 0. The molecule has 2 aliphatic rings. The van der Waals surface area contributed by atoms with Gasteiger partial charge in [-0.1, -0.05) is 99.3 Å². The summed E-state index contributed by atoms with van der Waals surface area (Å²) in [5, 5.41) is 0. The number of unbranched alkanes of at least 4 members (excludes halogenated alkanes) is 1. The number of aromatic nitrogens is 2. The molecule has 1 fully saturated rings. The summed E-state index contributed by atoms with van der Waals surface area (Å²) in [6.45, 7) is 7.89. The first-order valence-electron chi connectivity index (χ1n) is 15.5. The van der Waals surface area contributed by atoms with Crippen molar-refractivity contribution in [1.29, 1.82) is 0 Å². The average Bonchev–Trinajstić information content (AvgIpc) is 3.65. The molecule has 0 amide bonds. The van der Waals surface area contributed by atoms with Crippen LogP contribution in [0.5, 0.6) is 11.5 Å². The van der Waals surface area contributed by atoms with E-state index in [0.29, 0.717) is 6.79 Å². The SMILES string of the molecule is CCCCn1c(-c2ccccc2)nc(-c2ccccc2)c1[C@H](C)N(Cc1ccc2c(c1)OCO2)CC1CCCCC1. The minimum absolute atomic E-state index is 0.180. The fourth-order valence-corrected chi connectivity index (χ4v) is 6.56. The van der Waals surface area contributed by atoms with Gasteiger partial charge in [0.1, 0.15) is 5.82 Å². The Morgan fingerprint density at radius 1 is 0.878 bits per heavy atom. The molecule has 5 heteroatoms. The number of rotatable bonds is 11. The van der Waals surface area contributed by atoms with Crippen molar-refractivity contribution in [2.45, 2.75) is 77.9 Å². The van der Waals surface area contributed by atoms with Crippen LogP contribution in [0.1, 0.15) is 76.1 Å². The second-order valence-electron chi connectivity index (χ2n) is 11.7. The van der Waals surface area contributed by atoms with Crippen molar-refractivity contribution >= 4 is 0 Å². The second kappa shape index (κ2) is 12.9. The van der Waals surface area contributed by atoms with E-state index in [0.717, 1.165) is 61.4 Å². The first kappa shape index (κ1) is 27.6. The Morgan fingerprint density at radius 2 is 1.59 bits per heavy atom. The smallest absolute Gasteiger partial charge is 0.231 e. The molecule has 1 saturated carbocycles. The lowest BCUT2D eigenvalue weighted by atomic mass is 9.88. The molecule has 0 saturated heterocycles. The lowest BCUT2D eigenvalue weighted by Crippen LogP contribution is -2.34. The first-order chi connectivity index (χ1) is 20.2. The number of fused-ring (bicyclic) bond motifs is 1. The topological polar surface area (TPSA) is 39.5 Å². The van der Waals surface area contributed by atoms with Crippen LogP contribution in [0.3, 0.4) is 0 Å². The van der Waals surface area contributed by atoms with Gasteiger partial charge in [-0.05, 0) is 49.8 Å². The zero-order chi connectivity index (χ0) is 28.0. The van der Waals surface area contributed by atoms with Crippen LogP contribution in [-0.4, -0.2) is 27.8 Å². The van der Waals surface area contributed by atoms with Crippen molar-refractivity contribution < 1.29 is 9.47 Å². The molecule has 0 radical (unpaired) electrons. The maximum Gasteiger partial charge on any atom is 0.231 e. The zero-order valence-corrected chi connectivity index (χ0v) is 24.6. The quantitative estimate of drug-likeness (QED) is 0.187. The van der Waals surface area contributed by atoms with E-state index in [2.05, 4.69) is 102 Å². The summed E-state index contributed by atoms with van der Waals surface area (Å²) in [5.74, 6) is 3.50. The van der Waals surface area contributed by atoms with Crippen molar-refractivity contribution in [3.05, 3.63) is 90.1 Å². The maximum absolute atomic E-state index is 5.75. The number of benzene rings is 3. The maximum atomic E-state index is 5.75. The van der Waals surface area contributed by atoms with Crippen LogP contribution in [0.2, 0.25) is 0 Å². The van der Waals surface area contributed by atoms with E-state index in [1.54, 1.807) is 0 Å². The van der Waals surface area contributed by atoms with Gasteiger partial charge in [0.05, 0.1) is 11.4 Å². The van der Waals surface area contributed by atoms with E-state index in [1.807, 2.05) is 0 Å². The summed E-state index contributed by atoms with van der Waals surface area (Å²) in [6, 6.07) is 28.1. The molecule has 1 aliphatic heterocycles. The molecule has 1 aromatic heterocycles. The third-order valence-electron chi connectivity index (χ3n) is 8.80. The molecule has 0 unspecified atom stereocenters. The minimum atomic E-state index is 0.180. The Bertz CT molecular complexity index is 1410. The number of imidazole rings is 1. The van der Waals surface area contributed by atoms with Gasteiger partial charge in [-0.3, -0.25) is 4.90 Å². The number of hydrogen-bond acceptors (Lipinski definition) is 4. The lowest BCUT2D eigenvalue weighted by molar-refractivity contribution is 0.145. The summed E-state index contributed by atoms with van der Waals surface area (Å²) < 4.78 is 13.9. The molecule has 0 bridgehead atoms. The van der Waals surface area contributed by atoms with E-state index in [4.69, 9.17) is 14.5 Å². The molecule has 1 aliphatic carbocycles. The van der Waals surface area contributed by atoms with Gasteiger partial charge in [0.2, 0.25) is 6.79 Å². The van der Waals surface area contributed by atoms with Gasteiger partial charge in [0, 0.05) is 36.8 Å². The van der Waals surface area contributed by atoms with Crippen molar-refractivity contribution in [3.63, 3.8) is 0 Å². The van der Waals surface area contributed by atoms with Crippen molar-refractivity contribution in [3.8, 4) is 34.1 Å². The fraction of sp³-hybridized carbons (Fsp3) is 0.417. The van der Waals surface area contributed by atoms with Gasteiger partial charge in [-0.25, -0.2) is 4.98 Å².